The molecule has 22 heavy (non-hydrogen) atoms. The fourth-order valence-corrected chi connectivity index (χ4v) is 2.42. The third kappa shape index (κ3) is 4.88. The summed E-state index contributed by atoms with van der Waals surface area (Å²) in [4.78, 5) is 12.2. The molecule has 2 N–H and O–H groups in total. The van der Waals surface area contributed by atoms with Gasteiger partial charge in [0.25, 0.3) is 0 Å². The molecular weight excluding hydrogens is 319 g/mol. The van der Waals surface area contributed by atoms with Gasteiger partial charge < -0.3 is 14.8 Å². The number of rotatable bonds is 6. The van der Waals surface area contributed by atoms with Crippen LogP contribution in [0.25, 0.3) is 10.6 Å². The first-order chi connectivity index (χ1) is 10.3. The van der Waals surface area contributed by atoms with Crippen molar-refractivity contribution >= 4 is 17.2 Å². The third-order valence-electron chi connectivity index (χ3n) is 2.85. The minimum atomic E-state index is -4.37. The van der Waals surface area contributed by atoms with Gasteiger partial charge in [-0.2, -0.15) is 13.2 Å². The Bertz CT molecular complexity index is 607. The van der Waals surface area contributed by atoms with Gasteiger partial charge in [0.05, 0.1) is 17.8 Å². The van der Waals surface area contributed by atoms with Crippen LogP contribution >= 0.6 is 11.3 Å². The number of carbonyl (C=O) groups excluding carboxylic acids is 1. The van der Waals surface area contributed by atoms with E-state index in [9.17, 15) is 23.1 Å². The van der Waals surface area contributed by atoms with Crippen LogP contribution in [0.1, 0.15) is 24.7 Å². The van der Waals surface area contributed by atoms with Gasteiger partial charge in [-0.25, -0.2) is 0 Å². The number of furan rings is 1. The van der Waals surface area contributed by atoms with E-state index in [1.165, 1.54) is 11.3 Å². The maximum absolute atomic E-state index is 12.0. The molecular formula is C14H14F3NO3S. The van der Waals surface area contributed by atoms with E-state index in [0.717, 1.165) is 4.88 Å². The third-order valence-corrected chi connectivity index (χ3v) is 3.73. The van der Waals surface area contributed by atoms with Crippen molar-refractivity contribution in [2.24, 2.45) is 0 Å². The van der Waals surface area contributed by atoms with E-state index in [2.05, 4.69) is 5.32 Å². The van der Waals surface area contributed by atoms with Gasteiger partial charge in [-0.05, 0) is 23.6 Å². The number of aliphatic hydroxyl groups is 1. The van der Waals surface area contributed by atoms with Gasteiger partial charge in [0.2, 0.25) is 5.91 Å². The number of halogens is 3. The second-order valence-corrected chi connectivity index (χ2v) is 5.56. The molecule has 4 nitrogen and oxygen atoms in total. The molecule has 0 bridgehead atoms. The summed E-state index contributed by atoms with van der Waals surface area (Å²) in [5, 5.41) is 14.0. The Morgan fingerprint density at radius 2 is 2.14 bits per heavy atom. The summed E-state index contributed by atoms with van der Waals surface area (Å²) in [7, 11) is 0. The van der Waals surface area contributed by atoms with Crippen LogP contribution in [-0.2, 0) is 4.79 Å². The standard InChI is InChI=1S/C14H14F3NO3S/c15-14(16,17)6-5-13(20)18-8-9(19)10-3-4-11(21-10)12-2-1-7-22-12/h1-4,7,9,19H,5-6,8H2,(H,18,20). The number of amides is 1. The van der Waals surface area contributed by atoms with Crippen molar-refractivity contribution in [1.29, 1.82) is 0 Å². The van der Waals surface area contributed by atoms with Crippen molar-refractivity contribution in [3.63, 3.8) is 0 Å². The van der Waals surface area contributed by atoms with Crippen molar-refractivity contribution in [2.75, 3.05) is 6.54 Å². The van der Waals surface area contributed by atoms with Crippen molar-refractivity contribution in [1.82, 2.24) is 5.32 Å². The lowest BCUT2D eigenvalue weighted by molar-refractivity contribution is -0.144. The van der Waals surface area contributed by atoms with Crippen LogP contribution in [0.15, 0.2) is 34.1 Å². The van der Waals surface area contributed by atoms with Gasteiger partial charge in [0, 0.05) is 6.42 Å². The fourth-order valence-electron chi connectivity index (χ4n) is 1.74. The first kappa shape index (κ1) is 16.6. The lowest BCUT2D eigenvalue weighted by Gasteiger charge is -2.10. The highest BCUT2D eigenvalue weighted by atomic mass is 32.1. The molecule has 2 aromatic heterocycles. The number of hydrogen-bond acceptors (Lipinski definition) is 4. The Kier molecular flexibility index (Phi) is 5.25. The van der Waals surface area contributed by atoms with Crippen LogP contribution in [0.2, 0.25) is 0 Å². The SMILES string of the molecule is O=C(CCC(F)(F)F)NCC(O)c1ccc(-c2cccs2)o1. The molecule has 0 spiro atoms. The highest BCUT2D eigenvalue weighted by Crippen LogP contribution is 2.28. The number of aliphatic hydroxyl groups excluding tert-OH is 1. The molecule has 8 heteroatoms. The van der Waals surface area contributed by atoms with Crippen LogP contribution in [0, 0.1) is 0 Å². The molecule has 0 fully saturated rings. The summed E-state index contributed by atoms with van der Waals surface area (Å²) in [5.74, 6) is 0.0772. The molecule has 120 valence electrons. The summed E-state index contributed by atoms with van der Waals surface area (Å²) >= 11 is 1.48. The van der Waals surface area contributed by atoms with Gasteiger partial charge in [-0.3, -0.25) is 4.79 Å². The molecule has 1 atom stereocenters. The summed E-state index contributed by atoms with van der Waals surface area (Å²) < 4.78 is 41.4. The molecule has 2 rings (SSSR count). The van der Waals surface area contributed by atoms with Crippen LogP contribution in [0.4, 0.5) is 13.2 Å². The van der Waals surface area contributed by atoms with Crippen molar-refractivity contribution in [3.05, 3.63) is 35.4 Å². The number of nitrogens with one attached hydrogen (secondary N) is 1. The second kappa shape index (κ2) is 6.97. The van der Waals surface area contributed by atoms with Crippen LogP contribution in [0.5, 0.6) is 0 Å². The average molecular weight is 333 g/mol. The molecule has 2 aromatic rings. The van der Waals surface area contributed by atoms with Gasteiger partial charge in [-0.15, -0.1) is 11.3 Å². The first-order valence-electron chi connectivity index (χ1n) is 6.50. The summed E-state index contributed by atoms with van der Waals surface area (Å²) in [6, 6.07) is 6.98. The molecule has 0 saturated heterocycles. The normalized spacial score (nSPS) is 13.1. The van der Waals surface area contributed by atoms with E-state index in [4.69, 9.17) is 4.42 Å². The average Bonchev–Trinajstić information content (AvgIpc) is 3.11. The Labute approximate surface area is 128 Å². The predicted molar refractivity (Wildman–Crippen MR) is 75.3 cm³/mol. The highest BCUT2D eigenvalue weighted by molar-refractivity contribution is 7.13. The maximum atomic E-state index is 12.0. The first-order valence-corrected chi connectivity index (χ1v) is 7.38. The fraction of sp³-hybridized carbons (Fsp3) is 0.357. The number of hydrogen-bond donors (Lipinski definition) is 2. The van der Waals surface area contributed by atoms with Crippen LogP contribution in [0.3, 0.4) is 0 Å². The Morgan fingerprint density at radius 3 is 2.77 bits per heavy atom. The molecule has 0 aliphatic carbocycles. The lowest BCUT2D eigenvalue weighted by atomic mass is 10.2. The Morgan fingerprint density at radius 1 is 1.36 bits per heavy atom. The smallest absolute Gasteiger partial charge is 0.389 e. The van der Waals surface area contributed by atoms with Crippen molar-refractivity contribution in [2.45, 2.75) is 25.1 Å². The zero-order chi connectivity index (χ0) is 16.2. The van der Waals surface area contributed by atoms with Crippen molar-refractivity contribution in [3.8, 4) is 10.6 Å². The summed E-state index contributed by atoms with van der Waals surface area (Å²) in [6.07, 6.45) is -7.32. The minimum absolute atomic E-state index is 0.200. The molecule has 0 radical (unpaired) electrons. The number of carbonyl (C=O) groups is 1. The molecule has 0 aliphatic heterocycles. The van der Waals surface area contributed by atoms with Crippen molar-refractivity contribution < 1.29 is 27.5 Å². The Hall–Kier alpha value is -1.80. The molecule has 2 heterocycles. The zero-order valence-corrected chi connectivity index (χ0v) is 12.2. The monoisotopic (exact) mass is 333 g/mol. The molecule has 0 aliphatic rings. The second-order valence-electron chi connectivity index (χ2n) is 4.61. The van der Waals surface area contributed by atoms with E-state index in [1.54, 1.807) is 12.1 Å². The lowest BCUT2D eigenvalue weighted by Crippen LogP contribution is -2.29. The van der Waals surface area contributed by atoms with E-state index in [-0.39, 0.29) is 12.3 Å². The number of thiophene rings is 1. The van der Waals surface area contributed by atoms with E-state index in [1.807, 2.05) is 17.5 Å². The predicted octanol–water partition coefficient (Wildman–Crippen LogP) is 3.50. The quantitative estimate of drug-likeness (QED) is 0.850. The number of alkyl halides is 3. The topological polar surface area (TPSA) is 62.5 Å². The van der Waals surface area contributed by atoms with E-state index >= 15 is 0 Å². The Balaban J connectivity index is 1.82. The van der Waals surface area contributed by atoms with Gasteiger partial charge in [0.1, 0.15) is 17.6 Å². The largest absolute Gasteiger partial charge is 0.457 e. The molecule has 1 amide bonds. The van der Waals surface area contributed by atoms with E-state index in [0.29, 0.717) is 5.76 Å². The van der Waals surface area contributed by atoms with E-state index < -0.39 is 31.0 Å². The summed E-state index contributed by atoms with van der Waals surface area (Å²) in [6.45, 7) is -0.200. The van der Waals surface area contributed by atoms with Crippen LogP contribution < -0.4 is 5.32 Å². The highest BCUT2D eigenvalue weighted by Gasteiger charge is 2.28. The molecule has 0 aromatic carbocycles. The van der Waals surface area contributed by atoms with Gasteiger partial charge in [-0.1, -0.05) is 6.07 Å². The summed E-state index contributed by atoms with van der Waals surface area (Å²) in [5.41, 5.74) is 0. The zero-order valence-electron chi connectivity index (χ0n) is 11.4. The van der Waals surface area contributed by atoms with Gasteiger partial charge in [0.15, 0.2) is 0 Å². The molecule has 0 saturated carbocycles. The molecule has 1 unspecified atom stereocenters. The maximum Gasteiger partial charge on any atom is 0.389 e. The van der Waals surface area contributed by atoms with Crippen LogP contribution in [-0.4, -0.2) is 23.7 Å². The van der Waals surface area contributed by atoms with Gasteiger partial charge >= 0.3 is 6.18 Å². The minimum Gasteiger partial charge on any atom is -0.457 e.